The second-order valence-corrected chi connectivity index (χ2v) is 2.42. The number of rotatable bonds is 1. The van der Waals surface area contributed by atoms with Gasteiger partial charge in [-0.2, -0.15) is 0 Å². The number of Topliss-reactive ketones (excluding diaryl/α,β-unsaturated/α-hetero) is 1. The lowest BCUT2D eigenvalue weighted by Crippen LogP contribution is -2.31. The summed E-state index contributed by atoms with van der Waals surface area (Å²) in [5.41, 5.74) is 0. The SMILES string of the molecule is CC(=O)C1C=CCN1C. The van der Waals surface area contributed by atoms with E-state index in [-0.39, 0.29) is 11.8 Å². The molecule has 0 saturated heterocycles. The molecule has 0 aromatic heterocycles. The molecule has 2 nitrogen and oxygen atoms in total. The van der Waals surface area contributed by atoms with Gasteiger partial charge in [0.15, 0.2) is 5.78 Å². The molecule has 0 N–H and O–H groups in total. The summed E-state index contributed by atoms with van der Waals surface area (Å²) >= 11 is 0. The van der Waals surface area contributed by atoms with Gasteiger partial charge in [0.05, 0.1) is 6.04 Å². The van der Waals surface area contributed by atoms with Crippen molar-refractivity contribution in [3.8, 4) is 0 Å². The largest absolute Gasteiger partial charge is 0.298 e. The van der Waals surface area contributed by atoms with Gasteiger partial charge in [0.25, 0.3) is 0 Å². The predicted octanol–water partition coefficient (Wildman–Crippen LogP) is 0.446. The minimum atomic E-state index is 0.0463. The number of carbonyl (C=O) groups excluding carboxylic acids is 1. The lowest BCUT2D eigenvalue weighted by Gasteiger charge is -2.14. The smallest absolute Gasteiger partial charge is 0.150 e. The van der Waals surface area contributed by atoms with Crippen molar-refractivity contribution in [1.29, 1.82) is 0 Å². The fourth-order valence-electron chi connectivity index (χ4n) is 1.06. The lowest BCUT2D eigenvalue weighted by atomic mass is 10.2. The molecule has 0 aliphatic carbocycles. The minimum absolute atomic E-state index is 0.0463. The van der Waals surface area contributed by atoms with Crippen LogP contribution in [0.1, 0.15) is 6.92 Å². The van der Waals surface area contributed by atoms with E-state index in [9.17, 15) is 4.79 Å². The number of ketones is 1. The lowest BCUT2D eigenvalue weighted by molar-refractivity contribution is -0.119. The van der Waals surface area contributed by atoms with E-state index in [4.69, 9.17) is 0 Å². The van der Waals surface area contributed by atoms with Crippen LogP contribution in [-0.2, 0) is 4.79 Å². The highest BCUT2D eigenvalue weighted by Gasteiger charge is 2.18. The molecule has 0 radical (unpaired) electrons. The second kappa shape index (κ2) is 2.31. The van der Waals surface area contributed by atoms with Crippen LogP contribution in [0, 0.1) is 0 Å². The Labute approximate surface area is 55.2 Å². The van der Waals surface area contributed by atoms with Crippen LogP contribution in [0.4, 0.5) is 0 Å². The van der Waals surface area contributed by atoms with Crippen molar-refractivity contribution in [2.24, 2.45) is 0 Å². The van der Waals surface area contributed by atoms with E-state index in [0.29, 0.717) is 0 Å². The fraction of sp³-hybridized carbons (Fsp3) is 0.571. The van der Waals surface area contributed by atoms with Gasteiger partial charge in [-0.05, 0) is 14.0 Å². The molecular weight excluding hydrogens is 114 g/mol. The first-order valence-electron chi connectivity index (χ1n) is 3.09. The van der Waals surface area contributed by atoms with Crippen molar-refractivity contribution < 1.29 is 4.79 Å². The monoisotopic (exact) mass is 125 g/mol. The molecular formula is C7H11NO. The minimum Gasteiger partial charge on any atom is -0.298 e. The maximum Gasteiger partial charge on any atom is 0.150 e. The van der Waals surface area contributed by atoms with Gasteiger partial charge in [-0.1, -0.05) is 12.2 Å². The topological polar surface area (TPSA) is 20.3 Å². The summed E-state index contributed by atoms with van der Waals surface area (Å²) in [6.45, 7) is 2.53. The molecule has 0 amide bonds. The number of likely N-dealkylation sites (N-methyl/N-ethyl adjacent to an activating group) is 1. The van der Waals surface area contributed by atoms with Gasteiger partial charge in [0, 0.05) is 6.54 Å². The summed E-state index contributed by atoms with van der Waals surface area (Å²) in [4.78, 5) is 12.8. The molecule has 2 heteroatoms. The van der Waals surface area contributed by atoms with Crippen LogP contribution >= 0.6 is 0 Å². The van der Waals surface area contributed by atoms with E-state index < -0.39 is 0 Å². The molecule has 0 saturated carbocycles. The molecule has 1 heterocycles. The molecule has 1 unspecified atom stereocenters. The van der Waals surface area contributed by atoms with E-state index in [0.717, 1.165) is 6.54 Å². The summed E-state index contributed by atoms with van der Waals surface area (Å²) in [5, 5.41) is 0. The Kier molecular flexibility index (Phi) is 1.67. The van der Waals surface area contributed by atoms with Crippen molar-refractivity contribution in [2.75, 3.05) is 13.6 Å². The first-order chi connectivity index (χ1) is 4.22. The third-order valence-corrected chi connectivity index (χ3v) is 1.60. The quantitative estimate of drug-likeness (QED) is 0.474. The van der Waals surface area contributed by atoms with Crippen molar-refractivity contribution in [3.63, 3.8) is 0 Å². The number of hydrogen-bond donors (Lipinski definition) is 0. The zero-order valence-electron chi connectivity index (χ0n) is 5.79. The number of hydrogen-bond acceptors (Lipinski definition) is 2. The molecule has 9 heavy (non-hydrogen) atoms. The Morgan fingerprint density at radius 2 is 2.44 bits per heavy atom. The van der Waals surface area contributed by atoms with Crippen LogP contribution in [0.15, 0.2) is 12.2 Å². The summed E-state index contributed by atoms with van der Waals surface area (Å²) in [6, 6.07) is 0.0463. The molecule has 0 aromatic rings. The van der Waals surface area contributed by atoms with E-state index in [2.05, 4.69) is 0 Å². The van der Waals surface area contributed by atoms with Gasteiger partial charge < -0.3 is 0 Å². The van der Waals surface area contributed by atoms with Gasteiger partial charge in [0.2, 0.25) is 0 Å². The molecule has 1 rings (SSSR count). The van der Waals surface area contributed by atoms with Gasteiger partial charge in [-0.15, -0.1) is 0 Å². The summed E-state index contributed by atoms with van der Waals surface area (Å²) in [6.07, 6.45) is 3.97. The average molecular weight is 125 g/mol. The first kappa shape index (κ1) is 6.49. The van der Waals surface area contributed by atoms with Crippen LogP contribution in [0.2, 0.25) is 0 Å². The number of nitrogens with zero attached hydrogens (tertiary/aromatic N) is 1. The van der Waals surface area contributed by atoms with Crippen molar-refractivity contribution in [2.45, 2.75) is 13.0 Å². The predicted molar refractivity (Wildman–Crippen MR) is 36.2 cm³/mol. The Morgan fingerprint density at radius 3 is 2.67 bits per heavy atom. The van der Waals surface area contributed by atoms with Crippen LogP contribution in [0.3, 0.4) is 0 Å². The van der Waals surface area contributed by atoms with Gasteiger partial charge in [-0.25, -0.2) is 0 Å². The van der Waals surface area contributed by atoms with Crippen LogP contribution in [0.5, 0.6) is 0 Å². The van der Waals surface area contributed by atoms with Crippen LogP contribution < -0.4 is 0 Å². The third-order valence-electron chi connectivity index (χ3n) is 1.60. The first-order valence-corrected chi connectivity index (χ1v) is 3.09. The van der Waals surface area contributed by atoms with E-state index in [1.54, 1.807) is 6.92 Å². The van der Waals surface area contributed by atoms with Crippen LogP contribution in [0.25, 0.3) is 0 Å². The highest BCUT2D eigenvalue weighted by Crippen LogP contribution is 2.06. The Hall–Kier alpha value is -0.630. The normalized spacial score (nSPS) is 27.1. The molecule has 1 aliphatic rings. The zero-order valence-corrected chi connectivity index (χ0v) is 5.79. The molecule has 50 valence electrons. The number of carbonyl (C=O) groups is 1. The molecule has 0 fully saturated rings. The van der Waals surface area contributed by atoms with Crippen molar-refractivity contribution >= 4 is 5.78 Å². The maximum atomic E-state index is 10.8. The fourth-order valence-corrected chi connectivity index (χ4v) is 1.06. The van der Waals surface area contributed by atoms with Crippen LogP contribution in [-0.4, -0.2) is 30.3 Å². The average Bonchev–Trinajstić information content (AvgIpc) is 2.13. The maximum absolute atomic E-state index is 10.8. The van der Waals surface area contributed by atoms with E-state index >= 15 is 0 Å². The molecule has 1 atom stereocenters. The van der Waals surface area contributed by atoms with E-state index in [1.165, 1.54) is 0 Å². The molecule has 0 bridgehead atoms. The molecule has 0 aromatic carbocycles. The standard InChI is InChI=1S/C7H11NO/c1-6(9)7-4-3-5-8(7)2/h3-4,7H,5H2,1-2H3. The summed E-state index contributed by atoms with van der Waals surface area (Å²) in [5.74, 6) is 0.228. The zero-order chi connectivity index (χ0) is 6.85. The van der Waals surface area contributed by atoms with Crippen molar-refractivity contribution in [1.82, 2.24) is 4.90 Å². The second-order valence-electron chi connectivity index (χ2n) is 2.42. The van der Waals surface area contributed by atoms with Gasteiger partial charge >= 0.3 is 0 Å². The Morgan fingerprint density at radius 1 is 1.78 bits per heavy atom. The Balaban J connectivity index is 2.59. The third kappa shape index (κ3) is 1.19. The van der Waals surface area contributed by atoms with Gasteiger partial charge in [-0.3, -0.25) is 9.69 Å². The highest BCUT2D eigenvalue weighted by atomic mass is 16.1. The molecule has 1 aliphatic heterocycles. The summed E-state index contributed by atoms with van der Waals surface area (Å²) in [7, 11) is 1.95. The van der Waals surface area contributed by atoms with E-state index in [1.807, 2.05) is 24.1 Å². The highest BCUT2D eigenvalue weighted by molar-refractivity contribution is 5.83. The van der Waals surface area contributed by atoms with Crippen molar-refractivity contribution in [3.05, 3.63) is 12.2 Å². The molecule has 0 spiro atoms. The van der Waals surface area contributed by atoms with Gasteiger partial charge in [0.1, 0.15) is 0 Å². The summed E-state index contributed by atoms with van der Waals surface area (Å²) < 4.78 is 0. The Bertz CT molecular complexity index is 151.